The minimum Gasteiger partial charge on any atom is -0.375 e. The summed E-state index contributed by atoms with van der Waals surface area (Å²) in [6.07, 6.45) is 0.949. The number of hydrogen-bond acceptors (Lipinski definition) is 4. The third-order valence-corrected chi connectivity index (χ3v) is 4.89. The molecule has 0 amide bonds. The molecule has 16 heavy (non-hydrogen) atoms. The number of fused-ring (bicyclic) bond motifs is 1. The predicted molar refractivity (Wildman–Crippen MR) is 60.3 cm³/mol. The molecular formula is C9H19N3O3S. The average molecular weight is 249 g/mol. The first-order valence-corrected chi connectivity index (χ1v) is 6.99. The Balaban J connectivity index is 2.18. The van der Waals surface area contributed by atoms with E-state index in [-0.39, 0.29) is 12.1 Å². The summed E-state index contributed by atoms with van der Waals surface area (Å²) in [5.41, 5.74) is 0. The fourth-order valence-corrected chi connectivity index (χ4v) is 3.52. The highest BCUT2D eigenvalue weighted by Crippen LogP contribution is 2.23. The molecule has 0 bridgehead atoms. The molecule has 6 nitrogen and oxygen atoms in total. The molecule has 2 fully saturated rings. The van der Waals surface area contributed by atoms with Crippen LogP contribution in [0.3, 0.4) is 0 Å². The van der Waals surface area contributed by atoms with Gasteiger partial charge in [0.15, 0.2) is 0 Å². The number of hydrogen-bond donors (Lipinski definition) is 1. The van der Waals surface area contributed by atoms with Crippen LogP contribution < -0.4 is 4.72 Å². The third kappa shape index (κ3) is 2.23. The standard InChI is InChI=1S/C9H19N3O3S/c1-10-16(13,14)12-5-6-15-9-3-4-11(2)7-8(9)12/h8-10H,3-7H2,1-2H3. The lowest BCUT2D eigenvalue weighted by Gasteiger charge is -2.45. The smallest absolute Gasteiger partial charge is 0.279 e. The Morgan fingerprint density at radius 3 is 2.81 bits per heavy atom. The molecule has 2 rings (SSSR count). The molecule has 0 aliphatic carbocycles. The molecule has 2 aliphatic rings. The summed E-state index contributed by atoms with van der Waals surface area (Å²) in [5.74, 6) is 0. The normalized spacial score (nSPS) is 33.6. The fraction of sp³-hybridized carbons (Fsp3) is 1.00. The number of ether oxygens (including phenoxy) is 1. The maximum Gasteiger partial charge on any atom is 0.279 e. The first-order chi connectivity index (χ1) is 7.54. The van der Waals surface area contributed by atoms with Crippen molar-refractivity contribution in [2.45, 2.75) is 18.6 Å². The Labute approximate surface area is 96.7 Å². The number of likely N-dealkylation sites (tertiary alicyclic amines) is 1. The number of nitrogens with zero attached hydrogens (tertiary/aromatic N) is 2. The van der Waals surface area contributed by atoms with E-state index >= 15 is 0 Å². The van der Waals surface area contributed by atoms with Gasteiger partial charge in [0.25, 0.3) is 10.2 Å². The van der Waals surface area contributed by atoms with Crippen molar-refractivity contribution in [2.75, 3.05) is 40.3 Å². The van der Waals surface area contributed by atoms with Crippen LogP contribution in [0.25, 0.3) is 0 Å². The van der Waals surface area contributed by atoms with Crippen LogP contribution >= 0.6 is 0 Å². The van der Waals surface area contributed by atoms with Gasteiger partial charge in [-0.25, -0.2) is 4.72 Å². The number of likely N-dealkylation sites (N-methyl/N-ethyl adjacent to an activating group) is 1. The van der Waals surface area contributed by atoms with E-state index in [4.69, 9.17) is 4.74 Å². The summed E-state index contributed by atoms with van der Waals surface area (Å²) >= 11 is 0. The minimum absolute atomic E-state index is 0.0491. The van der Waals surface area contributed by atoms with Gasteiger partial charge in [-0.3, -0.25) is 0 Å². The van der Waals surface area contributed by atoms with E-state index in [0.717, 1.165) is 19.5 Å². The Hall–Kier alpha value is -0.210. The average Bonchev–Trinajstić information content (AvgIpc) is 2.28. The lowest BCUT2D eigenvalue weighted by atomic mass is 10.0. The van der Waals surface area contributed by atoms with Crippen LogP contribution in [-0.2, 0) is 14.9 Å². The summed E-state index contributed by atoms with van der Waals surface area (Å²) in [5, 5.41) is 0. The van der Waals surface area contributed by atoms with Crippen molar-refractivity contribution in [3.63, 3.8) is 0 Å². The van der Waals surface area contributed by atoms with E-state index in [0.29, 0.717) is 13.2 Å². The molecule has 2 atom stereocenters. The van der Waals surface area contributed by atoms with E-state index in [2.05, 4.69) is 9.62 Å². The van der Waals surface area contributed by atoms with Gasteiger partial charge in [0.2, 0.25) is 0 Å². The minimum atomic E-state index is -3.34. The van der Waals surface area contributed by atoms with Crippen molar-refractivity contribution in [2.24, 2.45) is 0 Å². The van der Waals surface area contributed by atoms with Crippen LogP contribution in [0.5, 0.6) is 0 Å². The lowest BCUT2D eigenvalue weighted by Crippen LogP contribution is -2.62. The number of morpholine rings is 1. The summed E-state index contributed by atoms with van der Waals surface area (Å²) in [6.45, 7) is 2.64. The molecular weight excluding hydrogens is 230 g/mol. The first kappa shape index (κ1) is 12.3. The van der Waals surface area contributed by atoms with Gasteiger partial charge in [-0.15, -0.1) is 0 Å². The van der Waals surface area contributed by atoms with E-state index in [1.54, 1.807) is 0 Å². The van der Waals surface area contributed by atoms with E-state index in [1.165, 1.54) is 11.4 Å². The molecule has 2 aliphatic heterocycles. The Bertz CT molecular complexity index is 346. The quantitative estimate of drug-likeness (QED) is 0.672. The van der Waals surface area contributed by atoms with Crippen molar-refractivity contribution >= 4 is 10.2 Å². The second-order valence-corrected chi connectivity index (χ2v) is 6.17. The van der Waals surface area contributed by atoms with Gasteiger partial charge in [-0.1, -0.05) is 0 Å². The fourth-order valence-electron chi connectivity index (χ4n) is 2.41. The zero-order valence-corrected chi connectivity index (χ0v) is 10.5. The van der Waals surface area contributed by atoms with Crippen LogP contribution in [0.15, 0.2) is 0 Å². The number of piperidine rings is 1. The van der Waals surface area contributed by atoms with Crippen LogP contribution in [0, 0.1) is 0 Å². The molecule has 0 spiro atoms. The topological polar surface area (TPSA) is 61.9 Å². The maximum absolute atomic E-state index is 11.9. The van der Waals surface area contributed by atoms with Gasteiger partial charge in [0.1, 0.15) is 0 Å². The highest BCUT2D eigenvalue weighted by molar-refractivity contribution is 7.87. The zero-order valence-electron chi connectivity index (χ0n) is 9.72. The van der Waals surface area contributed by atoms with Crippen LogP contribution in [0.1, 0.15) is 6.42 Å². The molecule has 0 aromatic carbocycles. The summed E-state index contributed by atoms with van der Waals surface area (Å²) in [4.78, 5) is 2.15. The van der Waals surface area contributed by atoms with Crippen molar-refractivity contribution in [3.8, 4) is 0 Å². The van der Waals surface area contributed by atoms with E-state index in [9.17, 15) is 8.42 Å². The maximum atomic E-state index is 11.9. The molecule has 0 saturated carbocycles. The van der Waals surface area contributed by atoms with Gasteiger partial charge in [-0.05, 0) is 13.5 Å². The van der Waals surface area contributed by atoms with Gasteiger partial charge in [0, 0.05) is 26.7 Å². The van der Waals surface area contributed by atoms with E-state index in [1.807, 2.05) is 7.05 Å². The summed E-state index contributed by atoms with van der Waals surface area (Å²) < 4.78 is 33.3. The molecule has 94 valence electrons. The molecule has 0 aromatic rings. The highest BCUT2D eigenvalue weighted by Gasteiger charge is 2.41. The molecule has 2 saturated heterocycles. The van der Waals surface area contributed by atoms with Crippen LogP contribution in [0.4, 0.5) is 0 Å². The van der Waals surface area contributed by atoms with Crippen molar-refractivity contribution in [1.82, 2.24) is 13.9 Å². The molecule has 0 aromatic heterocycles. The summed E-state index contributed by atoms with van der Waals surface area (Å²) in [7, 11) is 0.121. The Morgan fingerprint density at radius 2 is 2.12 bits per heavy atom. The van der Waals surface area contributed by atoms with Crippen LogP contribution in [-0.4, -0.2) is 70.1 Å². The van der Waals surface area contributed by atoms with Crippen LogP contribution in [0.2, 0.25) is 0 Å². The highest BCUT2D eigenvalue weighted by atomic mass is 32.2. The Morgan fingerprint density at radius 1 is 1.38 bits per heavy atom. The number of rotatable bonds is 2. The second-order valence-electron chi connectivity index (χ2n) is 4.35. The first-order valence-electron chi connectivity index (χ1n) is 5.55. The van der Waals surface area contributed by atoms with Gasteiger partial charge in [0.05, 0.1) is 18.8 Å². The Kier molecular flexibility index (Phi) is 3.50. The summed E-state index contributed by atoms with van der Waals surface area (Å²) in [6, 6.07) is -0.0510. The molecule has 0 radical (unpaired) electrons. The largest absolute Gasteiger partial charge is 0.375 e. The molecule has 7 heteroatoms. The predicted octanol–water partition coefficient (Wildman–Crippen LogP) is -1.14. The zero-order chi connectivity index (χ0) is 11.8. The van der Waals surface area contributed by atoms with Crippen molar-refractivity contribution in [3.05, 3.63) is 0 Å². The van der Waals surface area contributed by atoms with Crippen molar-refractivity contribution < 1.29 is 13.2 Å². The number of nitrogens with one attached hydrogen (secondary N) is 1. The second kappa shape index (κ2) is 4.58. The lowest BCUT2D eigenvalue weighted by molar-refractivity contribution is -0.0722. The van der Waals surface area contributed by atoms with E-state index < -0.39 is 10.2 Å². The SMILES string of the molecule is CNS(=O)(=O)N1CCOC2CCN(C)CC21. The van der Waals surface area contributed by atoms with Gasteiger partial charge >= 0.3 is 0 Å². The van der Waals surface area contributed by atoms with Gasteiger partial charge < -0.3 is 9.64 Å². The molecule has 1 N–H and O–H groups in total. The monoisotopic (exact) mass is 249 g/mol. The molecule has 2 heterocycles. The van der Waals surface area contributed by atoms with Crippen molar-refractivity contribution in [1.29, 1.82) is 0 Å². The third-order valence-electron chi connectivity index (χ3n) is 3.30. The van der Waals surface area contributed by atoms with Gasteiger partial charge in [-0.2, -0.15) is 12.7 Å². The molecule has 2 unspecified atom stereocenters.